The molecule has 0 aromatic heterocycles. The number of amides is 1. The summed E-state index contributed by atoms with van der Waals surface area (Å²) in [5.74, 6) is 0.347. The number of likely N-dealkylation sites (tertiary alicyclic amines) is 1. The lowest BCUT2D eigenvalue weighted by Gasteiger charge is -2.13. The average molecular weight is 141 g/mol. The van der Waals surface area contributed by atoms with Crippen LogP contribution in [-0.4, -0.2) is 23.9 Å². The van der Waals surface area contributed by atoms with Gasteiger partial charge in [0.1, 0.15) is 0 Å². The predicted molar refractivity (Wildman–Crippen MR) is 40.7 cm³/mol. The standard InChI is InChI=1S/C8H15NO/c1-2-5-8(10)9-6-3-4-7-9/h2-7H2,1H3. The number of nitrogens with zero attached hydrogens (tertiary/aromatic N) is 1. The van der Waals surface area contributed by atoms with Crippen LogP contribution in [0.5, 0.6) is 0 Å². The second kappa shape index (κ2) is 3.59. The van der Waals surface area contributed by atoms with E-state index in [-0.39, 0.29) is 0 Å². The Kier molecular flexibility index (Phi) is 2.72. The maximum atomic E-state index is 11.2. The Morgan fingerprint density at radius 1 is 1.40 bits per heavy atom. The first-order valence-electron chi connectivity index (χ1n) is 4.12. The Hall–Kier alpha value is -0.530. The molecule has 2 nitrogen and oxygen atoms in total. The molecule has 0 saturated carbocycles. The molecule has 1 aliphatic heterocycles. The Bertz CT molecular complexity index is 116. The molecule has 0 atom stereocenters. The van der Waals surface area contributed by atoms with Gasteiger partial charge in [-0.25, -0.2) is 0 Å². The van der Waals surface area contributed by atoms with Gasteiger partial charge in [-0.2, -0.15) is 0 Å². The highest BCUT2D eigenvalue weighted by Crippen LogP contribution is 2.09. The summed E-state index contributed by atoms with van der Waals surface area (Å²) in [6, 6.07) is 0. The quantitative estimate of drug-likeness (QED) is 0.569. The topological polar surface area (TPSA) is 20.3 Å². The van der Waals surface area contributed by atoms with Gasteiger partial charge in [0, 0.05) is 19.5 Å². The molecule has 0 aromatic carbocycles. The summed E-state index contributed by atoms with van der Waals surface area (Å²) in [6.07, 6.45) is 4.13. The molecule has 0 N–H and O–H groups in total. The maximum Gasteiger partial charge on any atom is 0.222 e. The van der Waals surface area contributed by atoms with Gasteiger partial charge in [-0.1, -0.05) is 6.92 Å². The predicted octanol–water partition coefficient (Wildman–Crippen LogP) is 1.41. The Balaban J connectivity index is 2.25. The minimum atomic E-state index is 0.347. The first-order chi connectivity index (χ1) is 4.84. The molecule has 1 rings (SSSR count). The van der Waals surface area contributed by atoms with Crippen LogP contribution in [0.2, 0.25) is 0 Å². The Morgan fingerprint density at radius 2 is 2.00 bits per heavy atom. The highest BCUT2D eigenvalue weighted by molar-refractivity contribution is 5.76. The van der Waals surface area contributed by atoms with Gasteiger partial charge < -0.3 is 4.90 Å². The van der Waals surface area contributed by atoms with Gasteiger partial charge in [-0.05, 0) is 19.3 Å². The summed E-state index contributed by atoms with van der Waals surface area (Å²) in [7, 11) is 0. The van der Waals surface area contributed by atoms with Crippen molar-refractivity contribution in [1.82, 2.24) is 4.90 Å². The van der Waals surface area contributed by atoms with Crippen LogP contribution < -0.4 is 0 Å². The molecule has 1 heterocycles. The highest BCUT2D eigenvalue weighted by atomic mass is 16.2. The monoisotopic (exact) mass is 141 g/mol. The molecule has 10 heavy (non-hydrogen) atoms. The third-order valence-corrected chi connectivity index (χ3v) is 1.92. The van der Waals surface area contributed by atoms with Crippen molar-refractivity contribution < 1.29 is 4.79 Å². The molecule has 0 radical (unpaired) electrons. The van der Waals surface area contributed by atoms with Crippen LogP contribution in [0.15, 0.2) is 0 Å². The van der Waals surface area contributed by atoms with Crippen molar-refractivity contribution in [3.8, 4) is 0 Å². The van der Waals surface area contributed by atoms with Crippen molar-refractivity contribution in [2.24, 2.45) is 0 Å². The number of rotatable bonds is 2. The molecule has 58 valence electrons. The van der Waals surface area contributed by atoms with E-state index >= 15 is 0 Å². The van der Waals surface area contributed by atoms with Crippen LogP contribution >= 0.6 is 0 Å². The lowest BCUT2D eigenvalue weighted by molar-refractivity contribution is -0.130. The molecule has 0 bridgehead atoms. The molecule has 0 aliphatic carbocycles. The zero-order valence-electron chi connectivity index (χ0n) is 6.60. The van der Waals surface area contributed by atoms with E-state index in [0.29, 0.717) is 5.91 Å². The van der Waals surface area contributed by atoms with E-state index in [0.717, 1.165) is 25.9 Å². The SMILES string of the molecule is CCCC(=O)N1CCCC1. The fourth-order valence-corrected chi connectivity index (χ4v) is 1.34. The summed E-state index contributed by atoms with van der Waals surface area (Å²) in [4.78, 5) is 13.1. The molecule has 0 unspecified atom stereocenters. The van der Waals surface area contributed by atoms with Gasteiger partial charge >= 0.3 is 0 Å². The molecule has 1 amide bonds. The molecular weight excluding hydrogens is 126 g/mol. The van der Waals surface area contributed by atoms with Crippen molar-refractivity contribution >= 4 is 5.91 Å². The zero-order valence-corrected chi connectivity index (χ0v) is 6.60. The summed E-state index contributed by atoms with van der Waals surface area (Å²) < 4.78 is 0. The molecule has 1 saturated heterocycles. The average Bonchev–Trinajstić information content (AvgIpc) is 2.38. The fraction of sp³-hybridized carbons (Fsp3) is 0.875. The summed E-state index contributed by atoms with van der Waals surface area (Å²) in [6.45, 7) is 4.05. The molecular formula is C8H15NO. The van der Waals surface area contributed by atoms with Crippen molar-refractivity contribution in [3.63, 3.8) is 0 Å². The molecule has 0 aromatic rings. The minimum Gasteiger partial charge on any atom is -0.343 e. The van der Waals surface area contributed by atoms with Crippen LogP contribution in [0.3, 0.4) is 0 Å². The third-order valence-electron chi connectivity index (χ3n) is 1.92. The van der Waals surface area contributed by atoms with Crippen molar-refractivity contribution in [3.05, 3.63) is 0 Å². The molecule has 0 spiro atoms. The first kappa shape index (κ1) is 7.58. The zero-order chi connectivity index (χ0) is 7.40. The number of carbonyl (C=O) groups is 1. The Labute approximate surface area is 62.2 Å². The van der Waals surface area contributed by atoms with Gasteiger partial charge in [-0.3, -0.25) is 4.79 Å². The van der Waals surface area contributed by atoms with E-state index < -0.39 is 0 Å². The van der Waals surface area contributed by atoms with E-state index in [2.05, 4.69) is 0 Å². The second-order valence-corrected chi connectivity index (χ2v) is 2.84. The summed E-state index contributed by atoms with van der Waals surface area (Å²) in [5, 5.41) is 0. The number of carbonyl (C=O) groups excluding carboxylic acids is 1. The largest absolute Gasteiger partial charge is 0.343 e. The van der Waals surface area contributed by atoms with E-state index in [9.17, 15) is 4.79 Å². The van der Waals surface area contributed by atoms with Crippen LogP contribution in [0.4, 0.5) is 0 Å². The normalized spacial score (nSPS) is 17.9. The van der Waals surface area contributed by atoms with Crippen molar-refractivity contribution in [2.75, 3.05) is 13.1 Å². The van der Waals surface area contributed by atoms with Crippen molar-refractivity contribution in [2.45, 2.75) is 32.6 Å². The van der Waals surface area contributed by atoms with Gasteiger partial charge in [0.05, 0.1) is 0 Å². The van der Waals surface area contributed by atoms with Gasteiger partial charge in [0.25, 0.3) is 0 Å². The maximum absolute atomic E-state index is 11.2. The second-order valence-electron chi connectivity index (χ2n) is 2.84. The minimum absolute atomic E-state index is 0.347. The smallest absolute Gasteiger partial charge is 0.222 e. The van der Waals surface area contributed by atoms with Gasteiger partial charge in [0.15, 0.2) is 0 Å². The molecule has 1 aliphatic rings. The third kappa shape index (κ3) is 1.72. The summed E-state index contributed by atoms with van der Waals surface area (Å²) in [5.41, 5.74) is 0. The van der Waals surface area contributed by atoms with Crippen LogP contribution in [0, 0.1) is 0 Å². The van der Waals surface area contributed by atoms with E-state index in [1.54, 1.807) is 0 Å². The van der Waals surface area contributed by atoms with Gasteiger partial charge in [0.2, 0.25) is 5.91 Å². The van der Waals surface area contributed by atoms with Gasteiger partial charge in [-0.15, -0.1) is 0 Å². The highest BCUT2D eigenvalue weighted by Gasteiger charge is 2.15. The van der Waals surface area contributed by atoms with E-state index in [1.165, 1.54) is 12.8 Å². The van der Waals surface area contributed by atoms with E-state index in [1.807, 2.05) is 11.8 Å². The lowest BCUT2D eigenvalue weighted by atomic mass is 10.3. The fourth-order valence-electron chi connectivity index (χ4n) is 1.34. The van der Waals surface area contributed by atoms with Crippen LogP contribution in [0.1, 0.15) is 32.6 Å². The van der Waals surface area contributed by atoms with E-state index in [4.69, 9.17) is 0 Å². The molecule has 1 fully saturated rings. The van der Waals surface area contributed by atoms with Crippen LogP contribution in [0.25, 0.3) is 0 Å². The lowest BCUT2D eigenvalue weighted by Crippen LogP contribution is -2.26. The molecule has 2 heteroatoms. The number of hydrogen-bond acceptors (Lipinski definition) is 1. The van der Waals surface area contributed by atoms with Crippen LogP contribution in [-0.2, 0) is 4.79 Å². The van der Waals surface area contributed by atoms with Crippen molar-refractivity contribution in [1.29, 1.82) is 0 Å². The Morgan fingerprint density at radius 3 is 2.50 bits per heavy atom. The number of hydrogen-bond donors (Lipinski definition) is 0. The first-order valence-corrected chi connectivity index (χ1v) is 4.12. The summed E-state index contributed by atoms with van der Waals surface area (Å²) >= 11 is 0.